The fourth-order valence-electron chi connectivity index (χ4n) is 4.05. The average molecular weight is 389 g/mol. The molecule has 0 radical (unpaired) electrons. The standard InChI is InChI=1S/C27H32O2/c1-3-21(2)18-25(22-10-6-4-7-11-22)19-27(23-12-8-5-9-13-23)24-14-16-26(17-15-24)29-20-28/h4-17,21,25,27-28H,3,18-20H2,1-2H3. The van der Waals surface area contributed by atoms with E-state index in [1.807, 2.05) is 12.1 Å². The van der Waals surface area contributed by atoms with Crippen LogP contribution in [-0.4, -0.2) is 11.9 Å². The van der Waals surface area contributed by atoms with Crippen molar-refractivity contribution in [1.29, 1.82) is 0 Å². The minimum absolute atomic E-state index is 0.299. The molecule has 0 aliphatic carbocycles. The van der Waals surface area contributed by atoms with Crippen molar-refractivity contribution in [3.63, 3.8) is 0 Å². The molecule has 3 atom stereocenters. The highest BCUT2D eigenvalue weighted by atomic mass is 16.6. The van der Waals surface area contributed by atoms with E-state index < -0.39 is 0 Å². The molecular formula is C27H32O2. The fourth-order valence-corrected chi connectivity index (χ4v) is 4.05. The van der Waals surface area contributed by atoms with Gasteiger partial charge in [-0.15, -0.1) is 0 Å². The summed E-state index contributed by atoms with van der Waals surface area (Å²) >= 11 is 0. The third-order valence-corrected chi connectivity index (χ3v) is 5.89. The van der Waals surface area contributed by atoms with E-state index >= 15 is 0 Å². The number of ether oxygens (including phenoxy) is 1. The first-order valence-electron chi connectivity index (χ1n) is 10.6. The van der Waals surface area contributed by atoms with Crippen molar-refractivity contribution < 1.29 is 9.84 Å². The van der Waals surface area contributed by atoms with Crippen molar-refractivity contribution in [2.75, 3.05) is 6.79 Å². The molecule has 0 heterocycles. The number of hydrogen-bond acceptors (Lipinski definition) is 2. The van der Waals surface area contributed by atoms with Gasteiger partial charge in [0.05, 0.1) is 0 Å². The highest BCUT2D eigenvalue weighted by molar-refractivity contribution is 5.37. The third kappa shape index (κ3) is 5.95. The van der Waals surface area contributed by atoms with Crippen LogP contribution in [0.1, 0.15) is 61.6 Å². The van der Waals surface area contributed by atoms with E-state index in [0.717, 1.165) is 6.42 Å². The summed E-state index contributed by atoms with van der Waals surface area (Å²) in [6.45, 7) is 4.34. The fraction of sp³-hybridized carbons (Fsp3) is 0.333. The molecule has 3 aromatic rings. The molecule has 0 saturated heterocycles. The third-order valence-electron chi connectivity index (χ3n) is 5.89. The predicted octanol–water partition coefficient (Wildman–Crippen LogP) is 6.76. The van der Waals surface area contributed by atoms with Crippen LogP contribution >= 0.6 is 0 Å². The van der Waals surface area contributed by atoms with Crippen LogP contribution in [0.15, 0.2) is 84.9 Å². The minimum atomic E-state index is -0.299. The average Bonchev–Trinajstić information content (AvgIpc) is 2.78. The lowest BCUT2D eigenvalue weighted by Gasteiger charge is -2.27. The summed E-state index contributed by atoms with van der Waals surface area (Å²) in [5.74, 6) is 2.21. The Labute approximate surface area is 175 Å². The van der Waals surface area contributed by atoms with Gasteiger partial charge in [0.1, 0.15) is 5.75 Å². The van der Waals surface area contributed by atoms with Gasteiger partial charge in [-0.25, -0.2) is 0 Å². The molecule has 29 heavy (non-hydrogen) atoms. The van der Waals surface area contributed by atoms with Gasteiger partial charge >= 0.3 is 0 Å². The molecule has 2 heteroatoms. The second-order valence-corrected chi connectivity index (χ2v) is 7.90. The lowest BCUT2D eigenvalue weighted by Crippen LogP contribution is -2.11. The molecular weight excluding hydrogens is 356 g/mol. The Balaban J connectivity index is 1.93. The van der Waals surface area contributed by atoms with Gasteiger partial charge in [-0.3, -0.25) is 0 Å². The zero-order chi connectivity index (χ0) is 20.5. The molecule has 0 fully saturated rings. The van der Waals surface area contributed by atoms with Crippen LogP contribution in [0.2, 0.25) is 0 Å². The molecule has 1 N–H and O–H groups in total. The molecule has 3 rings (SSSR count). The second-order valence-electron chi connectivity index (χ2n) is 7.90. The van der Waals surface area contributed by atoms with Gasteiger partial charge in [-0.05, 0) is 53.5 Å². The molecule has 0 amide bonds. The van der Waals surface area contributed by atoms with Crippen molar-refractivity contribution in [3.05, 3.63) is 102 Å². The number of hydrogen-bond donors (Lipinski definition) is 1. The van der Waals surface area contributed by atoms with Crippen molar-refractivity contribution >= 4 is 0 Å². The molecule has 2 nitrogen and oxygen atoms in total. The Bertz CT molecular complexity index is 827. The molecule has 3 unspecified atom stereocenters. The number of benzene rings is 3. The Morgan fingerprint density at radius 3 is 1.83 bits per heavy atom. The summed E-state index contributed by atoms with van der Waals surface area (Å²) in [6, 6.07) is 29.9. The first-order valence-corrected chi connectivity index (χ1v) is 10.6. The van der Waals surface area contributed by atoms with Crippen molar-refractivity contribution in [3.8, 4) is 5.75 Å². The Hall–Kier alpha value is -2.58. The normalized spacial score (nSPS) is 14.2. The lowest BCUT2D eigenvalue weighted by atomic mass is 9.77. The molecule has 3 aromatic carbocycles. The van der Waals surface area contributed by atoms with Gasteiger partial charge in [0.15, 0.2) is 6.79 Å². The predicted molar refractivity (Wildman–Crippen MR) is 120 cm³/mol. The van der Waals surface area contributed by atoms with E-state index in [1.54, 1.807) is 0 Å². The zero-order valence-electron chi connectivity index (χ0n) is 17.5. The molecule has 0 spiro atoms. The summed E-state index contributed by atoms with van der Waals surface area (Å²) in [5.41, 5.74) is 4.05. The maximum atomic E-state index is 9.01. The maximum Gasteiger partial charge on any atom is 0.186 e. The SMILES string of the molecule is CCC(C)CC(CC(c1ccccc1)c1ccc(OCO)cc1)c1ccccc1. The van der Waals surface area contributed by atoms with Gasteiger partial charge < -0.3 is 9.84 Å². The van der Waals surface area contributed by atoms with Crippen molar-refractivity contribution in [2.24, 2.45) is 5.92 Å². The van der Waals surface area contributed by atoms with Gasteiger partial charge in [-0.2, -0.15) is 0 Å². The Kier molecular flexibility index (Phi) is 7.89. The van der Waals surface area contributed by atoms with Crippen molar-refractivity contribution in [1.82, 2.24) is 0 Å². The van der Waals surface area contributed by atoms with Crippen LogP contribution in [0.5, 0.6) is 5.75 Å². The monoisotopic (exact) mass is 388 g/mol. The molecule has 0 aliphatic rings. The van der Waals surface area contributed by atoms with E-state index in [-0.39, 0.29) is 6.79 Å². The van der Waals surface area contributed by atoms with Crippen LogP contribution in [0.25, 0.3) is 0 Å². The Morgan fingerprint density at radius 1 is 0.724 bits per heavy atom. The minimum Gasteiger partial charge on any atom is -0.468 e. The molecule has 0 bridgehead atoms. The van der Waals surface area contributed by atoms with E-state index in [9.17, 15) is 0 Å². The van der Waals surface area contributed by atoms with Crippen molar-refractivity contribution in [2.45, 2.75) is 44.9 Å². The van der Waals surface area contributed by atoms with E-state index in [1.165, 1.54) is 29.5 Å². The number of aliphatic hydroxyl groups excluding tert-OH is 1. The summed E-state index contributed by atoms with van der Waals surface area (Å²) in [7, 11) is 0. The van der Waals surface area contributed by atoms with Gasteiger partial charge in [-0.1, -0.05) is 93.1 Å². The van der Waals surface area contributed by atoms with Gasteiger partial charge in [0.2, 0.25) is 0 Å². The van der Waals surface area contributed by atoms with Crippen LogP contribution in [0.4, 0.5) is 0 Å². The molecule has 0 saturated carbocycles. The summed E-state index contributed by atoms with van der Waals surface area (Å²) in [5, 5.41) is 9.01. The molecule has 152 valence electrons. The zero-order valence-corrected chi connectivity index (χ0v) is 17.5. The van der Waals surface area contributed by atoms with E-state index in [4.69, 9.17) is 9.84 Å². The number of aliphatic hydroxyl groups is 1. The second kappa shape index (κ2) is 10.8. The molecule has 0 aromatic heterocycles. The van der Waals surface area contributed by atoms with Crippen LogP contribution in [0, 0.1) is 5.92 Å². The van der Waals surface area contributed by atoms with E-state index in [0.29, 0.717) is 23.5 Å². The highest BCUT2D eigenvalue weighted by Gasteiger charge is 2.22. The van der Waals surface area contributed by atoms with Crippen LogP contribution in [-0.2, 0) is 0 Å². The quantitative estimate of drug-likeness (QED) is 0.389. The highest BCUT2D eigenvalue weighted by Crippen LogP contribution is 2.39. The van der Waals surface area contributed by atoms with Gasteiger partial charge in [0, 0.05) is 5.92 Å². The largest absolute Gasteiger partial charge is 0.468 e. The topological polar surface area (TPSA) is 29.5 Å². The number of rotatable bonds is 10. The van der Waals surface area contributed by atoms with E-state index in [2.05, 4.69) is 86.6 Å². The Morgan fingerprint density at radius 2 is 1.28 bits per heavy atom. The smallest absolute Gasteiger partial charge is 0.186 e. The first-order chi connectivity index (χ1) is 14.2. The molecule has 0 aliphatic heterocycles. The lowest BCUT2D eigenvalue weighted by molar-refractivity contribution is 0.0985. The van der Waals surface area contributed by atoms with Crippen LogP contribution < -0.4 is 4.74 Å². The van der Waals surface area contributed by atoms with Crippen LogP contribution in [0.3, 0.4) is 0 Å². The van der Waals surface area contributed by atoms with Gasteiger partial charge in [0.25, 0.3) is 0 Å². The first kappa shape index (κ1) is 21.1. The maximum absolute atomic E-state index is 9.01. The summed E-state index contributed by atoms with van der Waals surface area (Å²) in [6.07, 6.45) is 3.46. The summed E-state index contributed by atoms with van der Waals surface area (Å²) in [4.78, 5) is 0. The summed E-state index contributed by atoms with van der Waals surface area (Å²) < 4.78 is 5.22.